The number of rotatable bonds is 10. The Bertz CT molecular complexity index is 642. The molecule has 0 bridgehead atoms. The third kappa shape index (κ3) is 7.30. The van der Waals surface area contributed by atoms with E-state index in [9.17, 15) is 4.79 Å². The van der Waals surface area contributed by atoms with E-state index in [-0.39, 0.29) is 11.5 Å². The fourth-order valence-electron chi connectivity index (χ4n) is 2.50. The van der Waals surface area contributed by atoms with Gasteiger partial charge in [-0.2, -0.15) is 0 Å². The van der Waals surface area contributed by atoms with Crippen molar-refractivity contribution in [1.29, 1.82) is 0 Å². The molecule has 6 nitrogen and oxygen atoms in total. The van der Waals surface area contributed by atoms with Crippen molar-refractivity contribution in [2.45, 2.75) is 45.1 Å². The maximum Gasteiger partial charge on any atom is 0.372 e. The number of ether oxygens (including phenoxy) is 4. The summed E-state index contributed by atoms with van der Waals surface area (Å²) < 4.78 is 27.7. The van der Waals surface area contributed by atoms with Gasteiger partial charge in [-0.25, -0.2) is 4.79 Å². The zero-order chi connectivity index (χ0) is 20.6. The van der Waals surface area contributed by atoms with E-state index in [1.807, 2.05) is 19.6 Å². The van der Waals surface area contributed by atoms with Crippen molar-refractivity contribution in [1.82, 2.24) is 0 Å². The fraction of sp³-hybridized carbons (Fsp3) is 0.526. The first-order valence-corrected chi connectivity index (χ1v) is 13.6. The van der Waals surface area contributed by atoms with E-state index in [1.165, 1.54) is 0 Å². The van der Waals surface area contributed by atoms with Crippen LogP contribution in [0.4, 0.5) is 0 Å². The van der Waals surface area contributed by atoms with Gasteiger partial charge >= 0.3 is 5.97 Å². The van der Waals surface area contributed by atoms with E-state index in [1.54, 1.807) is 39.5 Å². The molecule has 0 saturated carbocycles. The molecule has 1 aromatic rings. The van der Waals surface area contributed by atoms with E-state index >= 15 is 0 Å². The summed E-state index contributed by atoms with van der Waals surface area (Å²) in [6, 6.07) is 3.54. The monoisotopic (exact) mass is 412 g/mol. The van der Waals surface area contributed by atoms with Crippen molar-refractivity contribution in [2.24, 2.45) is 0 Å². The van der Waals surface area contributed by atoms with Crippen LogP contribution in [-0.2, 0) is 14.0 Å². The van der Waals surface area contributed by atoms with Crippen molar-refractivity contribution in [2.75, 3.05) is 21.3 Å². The summed E-state index contributed by atoms with van der Waals surface area (Å²) >= 11 is 0. The van der Waals surface area contributed by atoms with E-state index < -0.39 is 14.3 Å². The lowest BCUT2D eigenvalue weighted by Crippen LogP contribution is -2.29. The van der Waals surface area contributed by atoms with E-state index in [4.69, 9.17) is 23.4 Å². The predicted molar refractivity (Wildman–Crippen MR) is 113 cm³/mol. The van der Waals surface area contributed by atoms with Gasteiger partial charge in [-0.05, 0) is 49.8 Å². The Hall–Kier alpha value is -1.94. The molecule has 152 valence electrons. The molecule has 0 aliphatic heterocycles. The highest BCUT2D eigenvalue weighted by atomic mass is 28.4. The highest BCUT2D eigenvalue weighted by molar-refractivity contribution is 6.70. The maximum absolute atomic E-state index is 12.7. The van der Waals surface area contributed by atoms with Gasteiger partial charge in [0.2, 0.25) is 14.1 Å². The number of hydrogen-bond acceptors (Lipinski definition) is 6. The van der Waals surface area contributed by atoms with Gasteiger partial charge in [0.25, 0.3) is 0 Å². The molecule has 0 heterocycles. The molecule has 1 rings (SSSR count). The van der Waals surface area contributed by atoms with Crippen molar-refractivity contribution in [3.63, 3.8) is 0 Å². The molecule has 1 atom stereocenters. The molecule has 0 radical (unpaired) electrons. The Labute approximate surface area is 166 Å². The van der Waals surface area contributed by atoms with Gasteiger partial charge in [0.05, 0.1) is 37.3 Å². The minimum atomic E-state index is -2.01. The molecule has 1 unspecified atom stereocenters. The molecule has 0 spiro atoms. The lowest BCUT2D eigenvalue weighted by atomic mass is 10.1. The molecule has 0 saturated heterocycles. The Morgan fingerprint density at radius 3 is 2.07 bits per heavy atom. The van der Waals surface area contributed by atoms with Gasteiger partial charge in [-0.15, -0.1) is 0 Å². The Balaban J connectivity index is 3.32. The van der Waals surface area contributed by atoms with Crippen molar-refractivity contribution >= 4 is 30.6 Å². The molecular weight excluding hydrogens is 380 g/mol. The summed E-state index contributed by atoms with van der Waals surface area (Å²) in [6.07, 6.45) is 3.51. The van der Waals surface area contributed by atoms with Gasteiger partial charge in [0, 0.05) is 0 Å². The first-order valence-electron chi connectivity index (χ1n) is 9.06. The number of methoxy groups -OCH3 is 3. The summed E-state index contributed by atoms with van der Waals surface area (Å²) in [5.74, 6) is 1.29. The topological polar surface area (TPSA) is 63.2 Å². The molecule has 0 fully saturated rings. The maximum atomic E-state index is 12.7. The largest absolute Gasteiger partial charge is 0.539 e. The number of carbonyl (C=O) groups is 1. The van der Waals surface area contributed by atoms with Crippen LogP contribution in [0.5, 0.6) is 17.2 Å². The molecule has 27 heavy (non-hydrogen) atoms. The van der Waals surface area contributed by atoms with Crippen molar-refractivity contribution < 1.29 is 28.2 Å². The van der Waals surface area contributed by atoms with Crippen LogP contribution in [0.25, 0.3) is 6.08 Å². The number of carbonyl (C=O) groups excluding carboxylic acids is 1. The number of hydrogen-bond donors (Lipinski definition) is 0. The van der Waals surface area contributed by atoms with E-state index in [0.717, 1.165) is 23.1 Å². The minimum Gasteiger partial charge on any atom is -0.539 e. The zero-order valence-corrected chi connectivity index (χ0v) is 20.7. The summed E-state index contributed by atoms with van der Waals surface area (Å²) in [6.45, 7) is 8.14. The molecule has 0 aliphatic rings. The second kappa shape index (κ2) is 10.4. The third-order valence-corrected chi connectivity index (χ3v) is 5.25. The fourth-order valence-corrected chi connectivity index (χ4v) is 4.10. The van der Waals surface area contributed by atoms with Crippen LogP contribution in [0.15, 0.2) is 17.9 Å². The summed E-state index contributed by atoms with van der Waals surface area (Å²) in [4.78, 5) is 12.7. The minimum absolute atomic E-state index is 0.0314. The molecule has 0 N–H and O–H groups in total. The van der Waals surface area contributed by atoms with Crippen LogP contribution in [-0.4, -0.2) is 51.6 Å². The van der Waals surface area contributed by atoms with Crippen LogP contribution in [0.1, 0.15) is 25.3 Å². The van der Waals surface area contributed by atoms with Crippen LogP contribution < -0.4 is 14.2 Å². The van der Waals surface area contributed by atoms with Gasteiger partial charge in [-0.3, -0.25) is 0 Å². The van der Waals surface area contributed by atoms with Crippen LogP contribution in [0.3, 0.4) is 0 Å². The van der Waals surface area contributed by atoms with Gasteiger partial charge in [0.1, 0.15) is 0 Å². The Kier molecular flexibility index (Phi) is 8.91. The van der Waals surface area contributed by atoms with Gasteiger partial charge < -0.3 is 23.4 Å². The van der Waals surface area contributed by atoms with E-state index in [2.05, 4.69) is 6.92 Å². The Morgan fingerprint density at radius 2 is 1.67 bits per heavy atom. The molecule has 1 aromatic carbocycles. The quantitative estimate of drug-likeness (QED) is 0.255. The average molecular weight is 413 g/mol. The number of benzene rings is 1. The second-order valence-electron chi connectivity index (χ2n) is 7.19. The highest BCUT2D eigenvalue weighted by Gasteiger charge is 2.24. The first-order chi connectivity index (χ1) is 12.6. The molecule has 0 aromatic heterocycles. The third-order valence-electron chi connectivity index (χ3n) is 3.61. The Morgan fingerprint density at radius 1 is 1.11 bits per heavy atom. The van der Waals surface area contributed by atoms with Crippen molar-refractivity contribution in [3.8, 4) is 17.2 Å². The van der Waals surface area contributed by atoms with Crippen LogP contribution in [0.2, 0.25) is 19.6 Å². The second-order valence-corrected chi connectivity index (χ2v) is 12.9. The first kappa shape index (κ1) is 23.1. The summed E-state index contributed by atoms with van der Waals surface area (Å²) in [7, 11) is 3.42. The molecule has 8 heteroatoms. The smallest absolute Gasteiger partial charge is 0.372 e. The molecule has 0 amide bonds. The predicted octanol–water partition coefficient (Wildman–Crippen LogP) is 2.94. The highest BCUT2D eigenvalue weighted by Crippen LogP contribution is 2.38. The lowest BCUT2D eigenvalue weighted by Gasteiger charge is -2.22. The van der Waals surface area contributed by atoms with Gasteiger partial charge in [-0.1, -0.05) is 13.3 Å². The average Bonchev–Trinajstić information content (AvgIpc) is 2.59. The normalized spacial score (nSPS) is 13.1. The standard InChI is InChI=1S/C19H32O6Si2/c1-8-9-17(26)24-19(20)16(25-27(5,6)7)12-13-10-14(21-2)18(23-4)15(11-13)22-3/h10-12,17H,8-9H2,1-7,26H3. The van der Waals surface area contributed by atoms with E-state index in [0.29, 0.717) is 22.8 Å². The van der Waals surface area contributed by atoms with Crippen LogP contribution in [0, 0.1) is 0 Å². The summed E-state index contributed by atoms with van der Waals surface area (Å²) in [5.41, 5.74) is 0.672. The summed E-state index contributed by atoms with van der Waals surface area (Å²) in [5, 5.41) is 0. The molecule has 0 aliphatic carbocycles. The molecular formula is C19H32O6Si2. The SMILES string of the molecule is CCCC([SiH3])OC(=O)C(=Cc1cc(OC)c(OC)c(OC)c1)O[Si](C)(C)C. The number of esters is 1. The zero-order valence-electron chi connectivity index (χ0n) is 17.7. The van der Waals surface area contributed by atoms with Crippen molar-refractivity contribution in [3.05, 3.63) is 23.5 Å². The lowest BCUT2D eigenvalue weighted by molar-refractivity contribution is -0.143. The van der Waals surface area contributed by atoms with Crippen LogP contribution >= 0.6 is 0 Å². The van der Waals surface area contributed by atoms with Gasteiger partial charge in [0.15, 0.2) is 17.3 Å².